The van der Waals surface area contributed by atoms with Gasteiger partial charge in [-0.25, -0.2) is 0 Å². The van der Waals surface area contributed by atoms with E-state index in [4.69, 9.17) is 21.1 Å². The summed E-state index contributed by atoms with van der Waals surface area (Å²) in [5, 5.41) is 4.03. The van der Waals surface area contributed by atoms with Gasteiger partial charge in [0, 0.05) is 31.8 Å². The van der Waals surface area contributed by atoms with E-state index < -0.39 is 0 Å². The number of rotatable bonds is 6. The Labute approximate surface area is 113 Å². The van der Waals surface area contributed by atoms with Crippen LogP contribution >= 0.6 is 11.6 Å². The molecule has 1 saturated carbocycles. The monoisotopic (exact) mass is 270 g/mol. The third-order valence-electron chi connectivity index (χ3n) is 3.15. The molecule has 1 aliphatic rings. The van der Waals surface area contributed by atoms with E-state index in [1.54, 1.807) is 25.6 Å². The van der Waals surface area contributed by atoms with Crippen molar-refractivity contribution < 1.29 is 9.47 Å². The molecule has 0 spiro atoms. The summed E-state index contributed by atoms with van der Waals surface area (Å²) in [4.78, 5) is 4.00. The summed E-state index contributed by atoms with van der Waals surface area (Å²) in [6.45, 7) is 3.16. The van der Waals surface area contributed by atoms with E-state index in [0.29, 0.717) is 16.8 Å². The Kier molecular flexibility index (Phi) is 4.80. The van der Waals surface area contributed by atoms with Crippen LogP contribution in [0.2, 0.25) is 5.02 Å². The highest BCUT2D eigenvalue weighted by molar-refractivity contribution is 6.30. The Hall–Kier alpha value is -0.840. The van der Waals surface area contributed by atoms with Crippen molar-refractivity contribution in [1.29, 1.82) is 0 Å². The molecule has 1 aromatic heterocycles. The normalized spacial score (nSPS) is 26.7. The molecule has 0 aromatic carbocycles. The van der Waals surface area contributed by atoms with Gasteiger partial charge in [-0.15, -0.1) is 0 Å². The predicted octanol–water partition coefficient (Wildman–Crippen LogP) is 2.27. The van der Waals surface area contributed by atoms with Gasteiger partial charge in [0.2, 0.25) is 0 Å². The Morgan fingerprint density at radius 1 is 1.50 bits per heavy atom. The Bertz CT molecular complexity index is 389. The number of halogens is 1. The molecule has 2 rings (SSSR count). The van der Waals surface area contributed by atoms with Crippen LogP contribution in [0.25, 0.3) is 0 Å². The predicted molar refractivity (Wildman–Crippen MR) is 71.2 cm³/mol. The fourth-order valence-electron chi connectivity index (χ4n) is 2.17. The van der Waals surface area contributed by atoms with E-state index in [1.807, 2.05) is 0 Å². The molecule has 1 aromatic rings. The molecule has 4 nitrogen and oxygen atoms in total. The molecule has 1 N–H and O–H groups in total. The van der Waals surface area contributed by atoms with E-state index in [2.05, 4.69) is 17.2 Å². The first kappa shape index (κ1) is 13.6. The van der Waals surface area contributed by atoms with Gasteiger partial charge < -0.3 is 14.8 Å². The number of nitrogens with zero attached hydrogens (tertiary/aromatic N) is 1. The zero-order valence-electron chi connectivity index (χ0n) is 10.7. The topological polar surface area (TPSA) is 43.4 Å². The van der Waals surface area contributed by atoms with Gasteiger partial charge in [0.1, 0.15) is 18.0 Å². The fraction of sp³-hybridized carbons (Fsp3) is 0.615. The highest BCUT2D eigenvalue weighted by atomic mass is 35.5. The van der Waals surface area contributed by atoms with E-state index in [1.165, 1.54) is 0 Å². The number of hydrogen-bond acceptors (Lipinski definition) is 4. The van der Waals surface area contributed by atoms with Crippen molar-refractivity contribution in [3.8, 4) is 5.75 Å². The van der Waals surface area contributed by atoms with Crippen molar-refractivity contribution in [2.24, 2.45) is 0 Å². The molecular weight excluding hydrogens is 252 g/mol. The van der Waals surface area contributed by atoms with Gasteiger partial charge in [-0.1, -0.05) is 18.5 Å². The van der Waals surface area contributed by atoms with Gasteiger partial charge in [-0.05, 0) is 13.0 Å². The molecule has 0 aliphatic heterocycles. The summed E-state index contributed by atoms with van der Waals surface area (Å²) in [5.41, 5.74) is 0. The van der Waals surface area contributed by atoms with Crippen molar-refractivity contribution in [2.75, 3.05) is 13.7 Å². The lowest BCUT2D eigenvalue weighted by Crippen LogP contribution is -2.61. The van der Waals surface area contributed by atoms with E-state index in [0.717, 1.165) is 19.4 Å². The second-order valence-corrected chi connectivity index (χ2v) is 4.93. The minimum atomic E-state index is 0.0737. The average Bonchev–Trinajstić information content (AvgIpc) is 2.33. The van der Waals surface area contributed by atoms with Crippen LogP contribution in [0.4, 0.5) is 0 Å². The maximum Gasteiger partial charge on any atom is 0.139 e. The summed E-state index contributed by atoms with van der Waals surface area (Å²) in [7, 11) is 1.72. The third-order valence-corrected chi connectivity index (χ3v) is 3.35. The largest absolute Gasteiger partial charge is 0.486 e. The molecular formula is C13H19ClN2O2. The summed E-state index contributed by atoms with van der Waals surface area (Å²) >= 11 is 5.87. The minimum Gasteiger partial charge on any atom is -0.486 e. The van der Waals surface area contributed by atoms with Crippen LogP contribution in [0.3, 0.4) is 0 Å². The van der Waals surface area contributed by atoms with Crippen LogP contribution in [0, 0.1) is 0 Å². The summed E-state index contributed by atoms with van der Waals surface area (Å²) < 4.78 is 11.3. The van der Waals surface area contributed by atoms with Crippen LogP contribution < -0.4 is 10.1 Å². The average molecular weight is 271 g/mol. The Balaban J connectivity index is 1.88. The summed E-state index contributed by atoms with van der Waals surface area (Å²) in [6.07, 6.45) is 5.50. The van der Waals surface area contributed by atoms with Crippen LogP contribution in [0.15, 0.2) is 18.5 Å². The van der Waals surface area contributed by atoms with Gasteiger partial charge >= 0.3 is 0 Å². The highest BCUT2D eigenvalue weighted by Gasteiger charge is 2.42. The van der Waals surface area contributed by atoms with E-state index in [9.17, 15) is 0 Å². The molecule has 1 aliphatic carbocycles. The molecule has 100 valence electrons. The first-order valence-corrected chi connectivity index (χ1v) is 6.65. The van der Waals surface area contributed by atoms with Gasteiger partial charge in [-0.2, -0.15) is 0 Å². The molecule has 0 amide bonds. The SMILES string of the molecule is CCCNC1CC(Oc2cncc(Cl)c2)C1OC. The van der Waals surface area contributed by atoms with Crippen LogP contribution in [0.1, 0.15) is 19.8 Å². The van der Waals surface area contributed by atoms with Crippen molar-refractivity contribution in [3.63, 3.8) is 0 Å². The Morgan fingerprint density at radius 2 is 2.33 bits per heavy atom. The second kappa shape index (κ2) is 6.36. The lowest BCUT2D eigenvalue weighted by molar-refractivity contribution is -0.0888. The molecule has 18 heavy (non-hydrogen) atoms. The number of aromatic nitrogens is 1. The van der Waals surface area contributed by atoms with Gasteiger partial charge in [0.15, 0.2) is 0 Å². The molecule has 1 fully saturated rings. The zero-order valence-corrected chi connectivity index (χ0v) is 11.5. The molecule has 0 saturated heterocycles. The lowest BCUT2D eigenvalue weighted by Gasteiger charge is -2.43. The maximum atomic E-state index is 5.87. The van der Waals surface area contributed by atoms with Crippen LogP contribution in [0.5, 0.6) is 5.75 Å². The van der Waals surface area contributed by atoms with Crippen LogP contribution in [-0.2, 0) is 4.74 Å². The molecule has 3 unspecified atom stereocenters. The third kappa shape index (κ3) is 3.13. The first-order valence-electron chi connectivity index (χ1n) is 6.28. The molecule has 5 heteroatoms. The summed E-state index contributed by atoms with van der Waals surface area (Å²) in [5.74, 6) is 0.698. The van der Waals surface area contributed by atoms with E-state index >= 15 is 0 Å². The number of nitrogens with one attached hydrogen (secondary N) is 1. The maximum absolute atomic E-state index is 5.87. The standard InChI is InChI=1S/C13H19ClN2O2/c1-3-4-16-11-6-12(13(11)17-2)18-10-5-9(14)7-15-8-10/h5,7-8,11-13,16H,3-4,6H2,1-2H3. The van der Waals surface area contributed by atoms with Crippen molar-refractivity contribution in [1.82, 2.24) is 10.3 Å². The highest BCUT2D eigenvalue weighted by Crippen LogP contribution is 2.29. The second-order valence-electron chi connectivity index (χ2n) is 4.49. The molecule has 0 bridgehead atoms. The molecule has 0 radical (unpaired) electrons. The fourth-order valence-corrected chi connectivity index (χ4v) is 2.34. The van der Waals surface area contributed by atoms with Crippen LogP contribution in [-0.4, -0.2) is 36.9 Å². The van der Waals surface area contributed by atoms with Gasteiger partial charge in [0.05, 0.1) is 11.2 Å². The van der Waals surface area contributed by atoms with Gasteiger partial charge in [0.25, 0.3) is 0 Å². The quantitative estimate of drug-likeness (QED) is 0.861. The number of methoxy groups -OCH3 is 1. The number of ether oxygens (including phenoxy) is 2. The van der Waals surface area contributed by atoms with Crippen molar-refractivity contribution in [2.45, 2.75) is 38.0 Å². The Morgan fingerprint density at radius 3 is 3.00 bits per heavy atom. The number of hydrogen-bond donors (Lipinski definition) is 1. The molecule has 1 heterocycles. The summed E-state index contributed by atoms with van der Waals surface area (Å²) in [6, 6.07) is 2.15. The van der Waals surface area contributed by atoms with Crippen molar-refractivity contribution >= 4 is 11.6 Å². The van der Waals surface area contributed by atoms with Gasteiger partial charge in [-0.3, -0.25) is 4.98 Å². The lowest BCUT2D eigenvalue weighted by atomic mass is 9.85. The smallest absolute Gasteiger partial charge is 0.139 e. The zero-order chi connectivity index (χ0) is 13.0. The van der Waals surface area contributed by atoms with Crippen molar-refractivity contribution in [3.05, 3.63) is 23.5 Å². The first-order chi connectivity index (χ1) is 8.74. The van der Waals surface area contributed by atoms with E-state index in [-0.39, 0.29) is 12.2 Å². The number of pyridine rings is 1. The molecule has 3 atom stereocenters. The minimum absolute atomic E-state index is 0.0737.